The third kappa shape index (κ3) is 2.13. The molecule has 18 heavy (non-hydrogen) atoms. The van der Waals surface area contributed by atoms with Crippen LogP contribution in [0, 0.1) is 0 Å². The maximum Gasteiger partial charge on any atom is 0.275 e. The Morgan fingerprint density at radius 2 is 1.89 bits per heavy atom. The van der Waals surface area contributed by atoms with Crippen molar-refractivity contribution in [1.29, 1.82) is 0 Å². The molecule has 2 rings (SSSR count). The quantitative estimate of drug-likeness (QED) is 0.779. The predicted octanol–water partition coefficient (Wildman–Crippen LogP) is 0.908. The minimum absolute atomic E-state index is 0.0819. The Labute approximate surface area is 104 Å². The van der Waals surface area contributed by atoms with E-state index in [4.69, 9.17) is 9.47 Å². The summed E-state index contributed by atoms with van der Waals surface area (Å²) >= 11 is 0. The number of carbonyl (C=O) groups is 1. The summed E-state index contributed by atoms with van der Waals surface area (Å²) in [5.74, 6) is 0.176. The van der Waals surface area contributed by atoms with E-state index in [1.54, 1.807) is 18.2 Å². The number of phenolic OH excluding ortho intramolecular Hbond substituents is 1. The van der Waals surface area contributed by atoms with Gasteiger partial charge in [-0.2, -0.15) is 0 Å². The highest BCUT2D eigenvalue weighted by Gasteiger charge is 2.14. The van der Waals surface area contributed by atoms with Gasteiger partial charge in [0.15, 0.2) is 11.5 Å². The fraction of sp³-hybridized carbons (Fsp3) is 0.167. The van der Waals surface area contributed by atoms with Crippen molar-refractivity contribution in [2.45, 2.75) is 0 Å². The van der Waals surface area contributed by atoms with Gasteiger partial charge in [-0.05, 0) is 23.8 Å². The zero-order valence-electron chi connectivity index (χ0n) is 9.93. The Balaban J connectivity index is 2.45. The molecular formula is C12H12N2O4. The SMILES string of the molecule is COc1cc(/C=C2/N=CNC2=O)cc(OC)c1O. The van der Waals surface area contributed by atoms with Crippen LogP contribution in [0.4, 0.5) is 0 Å². The highest BCUT2D eigenvalue weighted by atomic mass is 16.5. The van der Waals surface area contributed by atoms with Crippen LogP contribution in [0.2, 0.25) is 0 Å². The van der Waals surface area contributed by atoms with Crippen molar-refractivity contribution in [3.63, 3.8) is 0 Å². The van der Waals surface area contributed by atoms with Gasteiger partial charge in [-0.1, -0.05) is 0 Å². The number of aliphatic imine (C=N–C) groups is 1. The number of amides is 1. The minimum atomic E-state index is -0.277. The van der Waals surface area contributed by atoms with E-state index in [0.717, 1.165) is 0 Å². The second-order valence-corrected chi connectivity index (χ2v) is 3.54. The average molecular weight is 248 g/mol. The third-order valence-electron chi connectivity index (χ3n) is 2.44. The smallest absolute Gasteiger partial charge is 0.275 e. The molecular weight excluding hydrogens is 236 g/mol. The van der Waals surface area contributed by atoms with E-state index < -0.39 is 0 Å². The summed E-state index contributed by atoms with van der Waals surface area (Å²) in [7, 11) is 2.87. The normalized spacial score (nSPS) is 15.9. The predicted molar refractivity (Wildman–Crippen MR) is 65.8 cm³/mol. The van der Waals surface area contributed by atoms with Gasteiger partial charge in [-0.15, -0.1) is 0 Å². The van der Waals surface area contributed by atoms with E-state index in [-0.39, 0.29) is 28.9 Å². The highest BCUT2D eigenvalue weighted by molar-refractivity contribution is 6.08. The molecule has 1 aliphatic heterocycles. The molecule has 0 saturated heterocycles. The number of hydrogen-bond acceptors (Lipinski definition) is 5. The fourth-order valence-electron chi connectivity index (χ4n) is 1.55. The molecule has 0 radical (unpaired) electrons. The largest absolute Gasteiger partial charge is 0.502 e. The molecule has 6 heteroatoms. The first-order valence-electron chi connectivity index (χ1n) is 5.16. The first kappa shape index (κ1) is 12.0. The number of methoxy groups -OCH3 is 2. The van der Waals surface area contributed by atoms with Crippen molar-refractivity contribution >= 4 is 18.3 Å². The molecule has 6 nitrogen and oxygen atoms in total. The third-order valence-corrected chi connectivity index (χ3v) is 2.44. The maximum atomic E-state index is 11.3. The number of hydrogen-bond donors (Lipinski definition) is 2. The van der Waals surface area contributed by atoms with Crippen molar-refractivity contribution in [2.75, 3.05) is 14.2 Å². The topological polar surface area (TPSA) is 80.2 Å². The van der Waals surface area contributed by atoms with Gasteiger partial charge in [0.1, 0.15) is 5.70 Å². The van der Waals surface area contributed by atoms with Crippen molar-refractivity contribution in [3.8, 4) is 17.2 Å². The second kappa shape index (κ2) is 4.79. The molecule has 0 spiro atoms. The van der Waals surface area contributed by atoms with E-state index in [0.29, 0.717) is 5.56 Å². The van der Waals surface area contributed by atoms with Crippen LogP contribution in [0.25, 0.3) is 6.08 Å². The van der Waals surface area contributed by atoms with Gasteiger partial charge in [-0.3, -0.25) is 4.79 Å². The van der Waals surface area contributed by atoms with Crippen LogP contribution < -0.4 is 14.8 Å². The number of aromatic hydroxyl groups is 1. The van der Waals surface area contributed by atoms with E-state index >= 15 is 0 Å². The van der Waals surface area contributed by atoms with Gasteiger partial charge in [-0.25, -0.2) is 4.99 Å². The fourth-order valence-corrected chi connectivity index (χ4v) is 1.55. The number of carbonyl (C=O) groups excluding carboxylic acids is 1. The van der Waals surface area contributed by atoms with E-state index in [9.17, 15) is 9.90 Å². The molecule has 1 heterocycles. The molecule has 1 aromatic carbocycles. The molecule has 1 aromatic rings. The number of nitrogens with one attached hydrogen (secondary N) is 1. The van der Waals surface area contributed by atoms with Gasteiger partial charge < -0.3 is 19.9 Å². The van der Waals surface area contributed by atoms with Gasteiger partial charge in [0, 0.05) is 0 Å². The maximum absolute atomic E-state index is 11.3. The molecule has 1 aliphatic rings. The summed E-state index contributed by atoms with van der Waals surface area (Å²) < 4.78 is 10.0. The van der Waals surface area contributed by atoms with Crippen LogP contribution in [0.15, 0.2) is 22.8 Å². The average Bonchev–Trinajstić information content (AvgIpc) is 2.77. The Morgan fingerprint density at radius 3 is 2.33 bits per heavy atom. The molecule has 2 N–H and O–H groups in total. The molecule has 0 bridgehead atoms. The summed E-state index contributed by atoms with van der Waals surface area (Å²) in [5.41, 5.74) is 0.926. The van der Waals surface area contributed by atoms with Crippen molar-refractivity contribution in [2.24, 2.45) is 4.99 Å². The van der Waals surface area contributed by atoms with Gasteiger partial charge >= 0.3 is 0 Å². The molecule has 0 unspecified atom stereocenters. The molecule has 0 aromatic heterocycles. The summed E-state index contributed by atoms with van der Waals surface area (Å²) in [6.07, 6.45) is 2.90. The lowest BCUT2D eigenvalue weighted by Crippen LogP contribution is -2.14. The highest BCUT2D eigenvalue weighted by Crippen LogP contribution is 2.37. The van der Waals surface area contributed by atoms with Crippen LogP contribution in [0.5, 0.6) is 17.2 Å². The summed E-state index contributed by atoms with van der Waals surface area (Å²) in [6, 6.07) is 3.18. The Bertz CT molecular complexity index is 524. The first-order valence-corrected chi connectivity index (χ1v) is 5.16. The Kier molecular flexibility index (Phi) is 3.18. The van der Waals surface area contributed by atoms with Gasteiger partial charge in [0.05, 0.1) is 20.6 Å². The number of benzene rings is 1. The van der Waals surface area contributed by atoms with Crippen LogP contribution in [-0.4, -0.2) is 31.6 Å². The van der Waals surface area contributed by atoms with Crippen molar-refractivity contribution < 1.29 is 19.4 Å². The zero-order valence-corrected chi connectivity index (χ0v) is 9.93. The first-order chi connectivity index (χ1) is 8.65. The molecule has 0 saturated carbocycles. The second-order valence-electron chi connectivity index (χ2n) is 3.54. The van der Waals surface area contributed by atoms with Gasteiger partial charge in [0.25, 0.3) is 5.91 Å². The summed E-state index contributed by atoms with van der Waals surface area (Å²) in [5, 5.41) is 12.2. The Hall–Kier alpha value is -2.50. The summed E-state index contributed by atoms with van der Waals surface area (Å²) in [4.78, 5) is 15.2. The number of nitrogens with zero attached hydrogens (tertiary/aromatic N) is 1. The molecule has 0 fully saturated rings. The number of phenols is 1. The minimum Gasteiger partial charge on any atom is -0.502 e. The number of ether oxygens (including phenoxy) is 2. The lowest BCUT2D eigenvalue weighted by molar-refractivity contribution is -0.115. The zero-order chi connectivity index (χ0) is 13.1. The monoisotopic (exact) mass is 248 g/mol. The van der Waals surface area contributed by atoms with Crippen molar-refractivity contribution in [1.82, 2.24) is 5.32 Å². The van der Waals surface area contributed by atoms with Crippen LogP contribution in [0.3, 0.4) is 0 Å². The molecule has 0 aliphatic carbocycles. The van der Waals surface area contributed by atoms with Crippen LogP contribution in [-0.2, 0) is 4.79 Å². The molecule has 0 atom stereocenters. The summed E-state index contributed by atoms with van der Waals surface area (Å²) in [6.45, 7) is 0. The molecule has 94 valence electrons. The Morgan fingerprint density at radius 1 is 1.28 bits per heavy atom. The van der Waals surface area contributed by atoms with Crippen molar-refractivity contribution in [3.05, 3.63) is 23.4 Å². The number of rotatable bonds is 3. The van der Waals surface area contributed by atoms with E-state index in [2.05, 4.69) is 10.3 Å². The van der Waals surface area contributed by atoms with Crippen LogP contribution in [0.1, 0.15) is 5.56 Å². The lowest BCUT2D eigenvalue weighted by atomic mass is 10.1. The lowest BCUT2D eigenvalue weighted by Gasteiger charge is -2.09. The van der Waals surface area contributed by atoms with Gasteiger partial charge in [0.2, 0.25) is 5.75 Å². The molecule has 1 amide bonds. The van der Waals surface area contributed by atoms with E-state index in [1.165, 1.54) is 20.6 Å². The standard InChI is InChI=1S/C12H12N2O4/c1-17-9-4-7(5-10(18-2)11(9)15)3-8-12(16)14-6-13-8/h3-6,15H,1-2H3,(H,13,14,16)/b8-3+. The van der Waals surface area contributed by atoms with Crippen LogP contribution >= 0.6 is 0 Å². The van der Waals surface area contributed by atoms with E-state index in [1.807, 2.05) is 0 Å².